The van der Waals surface area contributed by atoms with Gasteiger partial charge in [0.25, 0.3) is 5.91 Å². The van der Waals surface area contributed by atoms with Gasteiger partial charge >= 0.3 is 5.97 Å². The number of aryl methyl sites for hydroxylation is 2. The van der Waals surface area contributed by atoms with Crippen molar-refractivity contribution in [1.82, 2.24) is 4.57 Å². The Bertz CT molecular complexity index is 1330. The second kappa shape index (κ2) is 9.76. The summed E-state index contributed by atoms with van der Waals surface area (Å²) in [6, 6.07) is 14.4. The van der Waals surface area contributed by atoms with Crippen LogP contribution in [0.1, 0.15) is 38.4 Å². The maximum Gasteiger partial charge on any atom is 0.337 e. The van der Waals surface area contributed by atoms with E-state index in [-0.39, 0.29) is 5.57 Å². The number of rotatable bonds is 5. The zero-order valence-electron chi connectivity index (χ0n) is 19.1. The molecule has 1 aromatic heterocycles. The van der Waals surface area contributed by atoms with E-state index >= 15 is 0 Å². The predicted molar refractivity (Wildman–Crippen MR) is 130 cm³/mol. The van der Waals surface area contributed by atoms with Crippen LogP contribution in [0, 0.1) is 39.0 Å². The van der Waals surface area contributed by atoms with Gasteiger partial charge in [0.05, 0.1) is 12.7 Å². The highest BCUT2D eigenvalue weighted by molar-refractivity contribution is 6.31. The first-order valence-electron chi connectivity index (χ1n) is 10.2. The Balaban J connectivity index is 2.01. The summed E-state index contributed by atoms with van der Waals surface area (Å²) >= 11 is 6.13. The molecule has 0 saturated carbocycles. The lowest BCUT2D eigenvalue weighted by Gasteiger charge is -2.14. The molecule has 6 nitrogen and oxygen atoms in total. The molecule has 1 N–H and O–H groups in total. The predicted octanol–water partition coefficient (Wildman–Crippen LogP) is 5.70. The molecule has 0 spiro atoms. The molecule has 0 bridgehead atoms. The van der Waals surface area contributed by atoms with Crippen molar-refractivity contribution in [2.24, 2.45) is 0 Å². The van der Waals surface area contributed by atoms with Crippen LogP contribution in [0.5, 0.6) is 0 Å². The van der Waals surface area contributed by atoms with Crippen molar-refractivity contribution < 1.29 is 14.3 Å². The third-order valence-electron chi connectivity index (χ3n) is 5.52. The van der Waals surface area contributed by atoms with E-state index in [2.05, 4.69) is 5.32 Å². The van der Waals surface area contributed by atoms with Crippen LogP contribution in [-0.4, -0.2) is 23.6 Å². The van der Waals surface area contributed by atoms with Crippen LogP contribution in [0.25, 0.3) is 11.8 Å². The van der Waals surface area contributed by atoms with E-state index in [4.69, 9.17) is 16.3 Å². The number of hydrogen-bond donors (Lipinski definition) is 1. The summed E-state index contributed by atoms with van der Waals surface area (Å²) in [5.74, 6) is -0.935. The average molecular weight is 462 g/mol. The van der Waals surface area contributed by atoms with Crippen molar-refractivity contribution in [1.29, 1.82) is 5.26 Å². The molecule has 0 radical (unpaired) electrons. The number of carbonyl (C=O) groups excluding carboxylic acids is 2. The molecule has 0 atom stereocenters. The van der Waals surface area contributed by atoms with Crippen LogP contribution in [0.2, 0.25) is 5.02 Å². The molecular formula is C26H24ClN3O3. The Morgan fingerprint density at radius 3 is 2.52 bits per heavy atom. The summed E-state index contributed by atoms with van der Waals surface area (Å²) in [4.78, 5) is 24.8. The Labute approximate surface area is 198 Å². The number of esters is 1. The molecule has 0 unspecified atom stereocenters. The lowest BCUT2D eigenvalue weighted by Crippen LogP contribution is -2.14. The molecule has 0 aliphatic rings. The molecule has 7 heteroatoms. The number of ether oxygens (including phenoxy) is 1. The highest BCUT2D eigenvalue weighted by Gasteiger charge is 2.17. The second-order valence-electron chi connectivity index (χ2n) is 7.69. The summed E-state index contributed by atoms with van der Waals surface area (Å²) in [6.45, 7) is 7.57. The molecule has 0 fully saturated rings. The number of benzene rings is 2. The standard InChI is InChI=1S/C26H24ClN3O3/c1-15-9-10-19(26(32)33-5)13-24(15)30-16(2)11-20(18(30)4)12-21(14-28)25(31)29-23-8-6-7-22(27)17(23)3/h6-13H,1-5H3,(H,29,31)/b21-12-. The minimum atomic E-state index is -0.517. The smallest absolute Gasteiger partial charge is 0.337 e. The monoisotopic (exact) mass is 461 g/mol. The van der Waals surface area contributed by atoms with Crippen molar-refractivity contribution in [3.8, 4) is 11.8 Å². The fourth-order valence-electron chi connectivity index (χ4n) is 3.64. The summed E-state index contributed by atoms with van der Waals surface area (Å²) < 4.78 is 6.83. The second-order valence-corrected chi connectivity index (χ2v) is 8.10. The maximum atomic E-state index is 12.8. The van der Waals surface area contributed by atoms with E-state index in [1.54, 1.807) is 43.3 Å². The number of nitriles is 1. The summed E-state index contributed by atoms with van der Waals surface area (Å²) in [6.07, 6.45) is 1.56. The van der Waals surface area contributed by atoms with E-state index in [9.17, 15) is 14.9 Å². The lowest BCUT2D eigenvalue weighted by molar-refractivity contribution is -0.112. The van der Waals surface area contributed by atoms with Gasteiger partial charge in [-0.25, -0.2) is 4.79 Å². The van der Waals surface area contributed by atoms with Gasteiger partial charge in [0.1, 0.15) is 11.6 Å². The highest BCUT2D eigenvalue weighted by Crippen LogP contribution is 2.27. The highest BCUT2D eigenvalue weighted by atomic mass is 35.5. The number of aromatic nitrogens is 1. The molecule has 0 aliphatic heterocycles. The van der Waals surface area contributed by atoms with Crippen molar-refractivity contribution in [3.63, 3.8) is 0 Å². The molecule has 1 amide bonds. The Hall–Kier alpha value is -3.82. The number of nitrogens with one attached hydrogen (secondary N) is 1. The van der Waals surface area contributed by atoms with Gasteiger partial charge in [0.15, 0.2) is 0 Å². The molecule has 1 heterocycles. The molecule has 0 aliphatic carbocycles. The SMILES string of the molecule is COC(=O)c1ccc(C)c(-n2c(C)cc(/C=C(/C#N)C(=O)Nc3cccc(Cl)c3C)c2C)c1. The zero-order valence-corrected chi connectivity index (χ0v) is 19.9. The van der Waals surface area contributed by atoms with E-state index in [1.807, 2.05) is 43.5 Å². The van der Waals surface area contributed by atoms with Crippen molar-refractivity contribution in [3.05, 3.63) is 86.7 Å². The first-order chi connectivity index (χ1) is 15.7. The normalized spacial score (nSPS) is 11.1. The number of methoxy groups -OCH3 is 1. The van der Waals surface area contributed by atoms with E-state index in [0.29, 0.717) is 16.3 Å². The van der Waals surface area contributed by atoms with Crippen molar-refractivity contribution in [2.75, 3.05) is 12.4 Å². The number of nitrogens with zero attached hydrogens (tertiary/aromatic N) is 2. The molecule has 3 aromatic rings. The third kappa shape index (κ3) is 4.84. The van der Waals surface area contributed by atoms with Crippen LogP contribution < -0.4 is 5.32 Å². The summed E-state index contributed by atoms with van der Waals surface area (Å²) in [5, 5.41) is 12.9. The number of halogens is 1. The number of carbonyl (C=O) groups is 2. The first kappa shape index (κ1) is 23.8. The van der Waals surface area contributed by atoms with Gasteiger partial charge in [-0.15, -0.1) is 0 Å². The van der Waals surface area contributed by atoms with Gasteiger partial charge in [-0.05, 0) is 80.8 Å². The zero-order chi connectivity index (χ0) is 24.3. The molecule has 0 saturated heterocycles. The van der Waals surface area contributed by atoms with E-state index in [1.165, 1.54) is 7.11 Å². The summed E-state index contributed by atoms with van der Waals surface area (Å²) in [7, 11) is 1.34. The van der Waals surface area contributed by atoms with Crippen LogP contribution in [0.4, 0.5) is 5.69 Å². The van der Waals surface area contributed by atoms with Gasteiger partial charge < -0.3 is 14.6 Å². The van der Waals surface area contributed by atoms with Gasteiger partial charge in [-0.1, -0.05) is 23.7 Å². The Morgan fingerprint density at radius 1 is 1.12 bits per heavy atom. The Morgan fingerprint density at radius 2 is 1.85 bits per heavy atom. The van der Waals surface area contributed by atoms with Gasteiger partial charge in [-0.3, -0.25) is 4.79 Å². The number of amides is 1. The average Bonchev–Trinajstić information content (AvgIpc) is 3.07. The topological polar surface area (TPSA) is 84.1 Å². The number of anilines is 1. The Kier molecular flexibility index (Phi) is 7.05. The van der Waals surface area contributed by atoms with Gasteiger partial charge in [0.2, 0.25) is 0 Å². The minimum absolute atomic E-state index is 0.0327. The van der Waals surface area contributed by atoms with Gasteiger partial charge in [0, 0.05) is 27.8 Å². The minimum Gasteiger partial charge on any atom is -0.465 e. The van der Waals surface area contributed by atoms with Crippen LogP contribution in [0.15, 0.2) is 48.0 Å². The lowest BCUT2D eigenvalue weighted by atomic mass is 10.1. The third-order valence-corrected chi connectivity index (χ3v) is 5.93. The van der Waals surface area contributed by atoms with E-state index in [0.717, 1.165) is 33.8 Å². The number of hydrogen-bond acceptors (Lipinski definition) is 4. The van der Waals surface area contributed by atoms with Crippen LogP contribution >= 0.6 is 11.6 Å². The molecular weight excluding hydrogens is 438 g/mol. The largest absolute Gasteiger partial charge is 0.465 e. The molecule has 2 aromatic carbocycles. The molecule has 168 valence electrons. The molecule has 3 rings (SSSR count). The first-order valence-corrected chi connectivity index (χ1v) is 10.6. The quantitative estimate of drug-likeness (QED) is 0.300. The molecule has 33 heavy (non-hydrogen) atoms. The van der Waals surface area contributed by atoms with Gasteiger partial charge in [-0.2, -0.15) is 5.26 Å². The fraction of sp³-hybridized carbons (Fsp3) is 0.192. The summed E-state index contributed by atoms with van der Waals surface area (Å²) in [5.41, 5.74) is 5.93. The van der Waals surface area contributed by atoms with Crippen molar-refractivity contribution in [2.45, 2.75) is 27.7 Å². The maximum absolute atomic E-state index is 12.8. The van der Waals surface area contributed by atoms with Crippen LogP contribution in [0.3, 0.4) is 0 Å². The van der Waals surface area contributed by atoms with E-state index < -0.39 is 11.9 Å². The fourth-order valence-corrected chi connectivity index (χ4v) is 3.81. The van der Waals surface area contributed by atoms with Crippen molar-refractivity contribution >= 4 is 35.2 Å². The van der Waals surface area contributed by atoms with Crippen LogP contribution in [-0.2, 0) is 9.53 Å².